The molecule has 0 unspecified atom stereocenters. The molecule has 2 N–H and O–H groups in total. The molecule has 0 spiro atoms. The fourth-order valence-electron chi connectivity index (χ4n) is 4.29. The highest BCUT2D eigenvalue weighted by atomic mass is 32.2. The minimum Gasteiger partial charge on any atom is -0.486 e. The predicted molar refractivity (Wildman–Crippen MR) is 127 cm³/mol. The van der Waals surface area contributed by atoms with Crippen LogP contribution in [-0.4, -0.2) is 50.5 Å². The van der Waals surface area contributed by atoms with Crippen molar-refractivity contribution in [3.63, 3.8) is 0 Å². The molecule has 3 heterocycles. The Kier molecular flexibility index (Phi) is 5.91. The van der Waals surface area contributed by atoms with Gasteiger partial charge in [0, 0.05) is 36.3 Å². The number of H-pyrrole nitrogens is 1. The van der Waals surface area contributed by atoms with Gasteiger partial charge in [0.25, 0.3) is 15.9 Å². The normalized spacial score (nSPS) is 16.2. The number of hydrogen-bond donors (Lipinski definition) is 2. The van der Waals surface area contributed by atoms with Gasteiger partial charge in [-0.15, -0.1) is 0 Å². The molecule has 1 aromatic heterocycles. The Morgan fingerprint density at radius 2 is 1.68 bits per heavy atom. The van der Waals surface area contributed by atoms with Gasteiger partial charge in [-0.25, -0.2) is 8.42 Å². The number of benzene rings is 2. The fraction of sp³-hybridized carbons (Fsp3) is 0.333. The Balaban J connectivity index is 1.46. The fourth-order valence-corrected chi connectivity index (χ4v) is 5.36. The zero-order valence-corrected chi connectivity index (χ0v) is 19.3. The lowest BCUT2D eigenvalue weighted by molar-refractivity contribution is 0.0760. The van der Waals surface area contributed by atoms with E-state index in [-0.39, 0.29) is 21.8 Å². The van der Waals surface area contributed by atoms with Crippen molar-refractivity contribution in [2.45, 2.75) is 30.6 Å². The summed E-state index contributed by atoms with van der Waals surface area (Å²) in [5.74, 6) is 0.679. The number of nitrogens with one attached hydrogen (secondary N) is 2. The number of nitrogens with zero attached hydrogens (tertiary/aromatic N) is 1. The van der Waals surface area contributed by atoms with Crippen molar-refractivity contribution in [1.29, 1.82) is 0 Å². The van der Waals surface area contributed by atoms with Crippen LogP contribution in [0.15, 0.2) is 52.3 Å². The Morgan fingerprint density at radius 3 is 2.44 bits per heavy atom. The Hall–Kier alpha value is -3.53. The van der Waals surface area contributed by atoms with Crippen molar-refractivity contribution in [2.75, 3.05) is 31.0 Å². The number of likely N-dealkylation sites (tertiary alicyclic amines) is 1. The highest BCUT2D eigenvalue weighted by Crippen LogP contribution is 2.33. The first-order chi connectivity index (χ1) is 16.4. The SMILES string of the molecule is O=C(c1c[nH]c2ccc(S(=O)(=O)Nc3ccc4c(c3)OCCO4)cc2c1=O)N1CCCCCC1. The van der Waals surface area contributed by atoms with E-state index in [0.717, 1.165) is 25.7 Å². The van der Waals surface area contributed by atoms with Crippen molar-refractivity contribution in [2.24, 2.45) is 0 Å². The molecule has 2 aromatic carbocycles. The zero-order chi connectivity index (χ0) is 23.7. The molecular weight excluding hydrogens is 458 g/mol. The third-order valence-electron chi connectivity index (χ3n) is 6.08. The maximum atomic E-state index is 13.2. The van der Waals surface area contributed by atoms with Crippen molar-refractivity contribution in [1.82, 2.24) is 9.88 Å². The summed E-state index contributed by atoms with van der Waals surface area (Å²) in [7, 11) is -4.00. The highest BCUT2D eigenvalue weighted by molar-refractivity contribution is 7.92. The maximum Gasteiger partial charge on any atom is 0.261 e. The van der Waals surface area contributed by atoms with E-state index in [2.05, 4.69) is 9.71 Å². The van der Waals surface area contributed by atoms with Crippen molar-refractivity contribution in [3.8, 4) is 11.5 Å². The molecular formula is C24H25N3O6S. The van der Waals surface area contributed by atoms with Gasteiger partial charge >= 0.3 is 0 Å². The number of anilines is 1. The van der Waals surface area contributed by atoms with Crippen LogP contribution in [0.2, 0.25) is 0 Å². The summed E-state index contributed by atoms with van der Waals surface area (Å²) in [6, 6.07) is 9.00. The third-order valence-corrected chi connectivity index (χ3v) is 7.46. The molecule has 0 bridgehead atoms. The topological polar surface area (TPSA) is 118 Å². The van der Waals surface area contributed by atoms with E-state index in [9.17, 15) is 18.0 Å². The van der Waals surface area contributed by atoms with E-state index in [1.165, 1.54) is 24.4 Å². The number of carbonyl (C=O) groups excluding carboxylic acids is 1. The molecule has 178 valence electrons. The molecule has 0 atom stereocenters. The average Bonchev–Trinajstić information content (AvgIpc) is 3.13. The Morgan fingerprint density at radius 1 is 0.941 bits per heavy atom. The van der Waals surface area contributed by atoms with Gasteiger partial charge in [-0.1, -0.05) is 12.8 Å². The smallest absolute Gasteiger partial charge is 0.261 e. The summed E-state index contributed by atoms with van der Waals surface area (Å²) in [6.07, 6.45) is 5.36. The second kappa shape index (κ2) is 9.02. The summed E-state index contributed by atoms with van der Waals surface area (Å²) in [4.78, 5) is 30.8. The molecule has 34 heavy (non-hydrogen) atoms. The molecule has 10 heteroatoms. The van der Waals surface area contributed by atoms with Crippen LogP contribution in [0.25, 0.3) is 10.9 Å². The van der Waals surface area contributed by atoms with Crippen molar-refractivity contribution < 1.29 is 22.7 Å². The largest absolute Gasteiger partial charge is 0.486 e. The summed E-state index contributed by atoms with van der Waals surface area (Å²) in [5.41, 5.74) is 0.294. The van der Waals surface area contributed by atoms with E-state index in [4.69, 9.17) is 9.47 Å². The quantitative estimate of drug-likeness (QED) is 0.589. The lowest BCUT2D eigenvalue weighted by Crippen LogP contribution is -2.35. The maximum absolute atomic E-state index is 13.2. The molecule has 3 aromatic rings. The zero-order valence-electron chi connectivity index (χ0n) is 18.5. The van der Waals surface area contributed by atoms with E-state index in [0.29, 0.717) is 49.0 Å². The number of hydrogen-bond acceptors (Lipinski definition) is 6. The third kappa shape index (κ3) is 4.33. The lowest BCUT2D eigenvalue weighted by atomic mass is 10.1. The van der Waals surface area contributed by atoms with Crippen LogP contribution in [0.1, 0.15) is 36.0 Å². The molecule has 1 saturated heterocycles. The monoisotopic (exact) mass is 483 g/mol. The second-order valence-electron chi connectivity index (χ2n) is 8.41. The minimum absolute atomic E-state index is 0.0174. The van der Waals surface area contributed by atoms with Crippen LogP contribution in [0.4, 0.5) is 5.69 Å². The standard InChI is InChI=1S/C24H25N3O6S/c28-23-18-14-17(34(30,31)26-16-5-8-21-22(13-16)33-12-11-32-21)6-7-20(18)25-15-19(23)24(29)27-9-3-1-2-4-10-27/h5-8,13-15,26H,1-4,9-12H2,(H,25,28). The van der Waals surface area contributed by atoms with Gasteiger partial charge in [0.15, 0.2) is 11.5 Å². The average molecular weight is 484 g/mol. The molecule has 0 aliphatic carbocycles. The van der Waals surface area contributed by atoms with E-state index < -0.39 is 15.5 Å². The number of aromatic amines is 1. The van der Waals surface area contributed by atoms with Gasteiger partial charge in [-0.05, 0) is 43.2 Å². The second-order valence-corrected chi connectivity index (χ2v) is 10.1. The number of fused-ring (bicyclic) bond motifs is 2. The molecule has 0 radical (unpaired) electrons. The number of aromatic nitrogens is 1. The van der Waals surface area contributed by atoms with Crippen LogP contribution in [0, 0.1) is 0 Å². The van der Waals surface area contributed by atoms with Gasteiger partial charge in [-0.3, -0.25) is 14.3 Å². The molecule has 5 rings (SSSR count). The highest BCUT2D eigenvalue weighted by Gasteiger charge is 2.23. The first-order valence-corrected chi connectivity index (χ1v) is 12.8. The minimum atomic E-state index is -4.00. The molecule has 9 nitrogen and oxygen atoms in total. The summed E-state index contributed by atoms with van der Waals surface area (Å²) >= 11 is 0. The van der Waals surface area contributed by atoms with Crippen molar-refractivity contribution >= 4 is 32.5 Å². The summed E-state index contributed by atoms with van der Waals surface area (Å²) < 4.78 is 39.6. The molecule has 2 aliphatic heterocycles. The lowest BCUT2D eigenvalue weighted by Gasteiger charge is -2.20. The first kappa shape index (κ1) is 22.3. The van der Waals surface area contributed by atoms with Crippen LogP contribution in [-0.2, 0) is 10.0 Å². The van der Waals surface area contributed by atoms with Gasteiger partial charge in [0.2, 0.25) is 5.43 Å². The summed E-state index contributed by atoms with van der Waals surface area (Å²) in [6.45, 7) is 2.05. The van der Waals surface area contributed by atoms with Crippen LogP contribution in [0.3, 0.4) is 0 Å². The van der Waals surface area contributed by atoms with Crippen molar-refractivity contribution in [3.05, 3.63) is 58.4 Å². The van der Waals surface area contributed by atoms with Gasteiger partial charge in [0.1, 0.15) is 18.8 Å². The molecule has 0 saturated carbocycles. The molecule has 1 amide bonds. The van der Waals surface area contributed by atoms with E-state index in [1.54, 1.807) is 23.1 Å². The summed E-state index contributed by atoms with van der Waals surface area (Å²) in [5, 5.41) is 0.144. The number of ether oxygens (including phenoxy) is 2. The van der Waals surface area contributed by atoms with Gasteiger partial charge < -0.3 is 19.4 Å². The Labute approximate surface area is 196 Å². The molecule has 2 aliphatic rings. The van der Waals surface area contributed by atoms with Crippen LogP contribution in [0.5, 0.6) is 11.5 Å². The first-order valence-electron chi connectivity index (χ1n) is 11.3. The number of amides is 1. The number of carbonyl (C=O) groups is 1. The van der Waals surface area contributed by atoms with E-state index in [1.807, 2.05) is 0 Å². The van der Waals surface area contributed by atoms with Crippen LogP contribution >= 0.6 is 0 Å². The van der Waals surface area contributed by atoms with E-state index >= 15 is 0 Å². The molecule has 1 fully saturated rings. The number of rotatable bonds is 4. The van der Waals surface area contributed by atoms with Crippen LogP contribution < -0.4 is 19.6 Å². The number of pyridine rings is 1. The van der Waals surface area contributed by atoms with Gasteiger partial charge in [-0.2, -0.15) is 0 Å². The Bertz CT molecular complexity index is 1410. The number of sulfonamides is 1. The van der Waals surface area contributed by atoms with Gasteiger partial charge in [0.05, 0.1) is 10.6 Å². The predicted octanol–water partition coefficient (Wildman–Crippen LogP) is 3.12.